The van der Waals surface area contributed by atoms with Crippen molar-refractivity contribution >= 4 is 17.2 Å². The van der Waals surface area contributed by atoms with Crippen LogP contribution in [0, 0.1) is 0 Å². The fourth-order valence-electron chi connectivity index (χ4n) is 2.43. The van der Waals surface area contributed by atoms with Crippen molar-refractivity contribution in [3.63, 3.8) is 0 Å². The number of carbonyl (C=O) groups is 1. The molecule has 1 amide bonds. The van der Waals surface area contributed by atoms with Gasteiger partial charge in [0.15, 0.2) is 0 Å². The summed E-state index contributed by atoms with van der Waals surface area (Å²) in [5, 5.41) is 6.23. The van der Waals surface area contributed by atoms with Gasteiger partial charge < -0.3 is 4.90 Å². The number of hydrogen-bond donors (Lipinski definition) is 0. The van der Waals surface area contributed by atoms with Gasteiger partial charge in [0.2, 0.25) is 0 Å². The van der Waals surface area contributed by atoms with Gasteiger partial charge in [-0.15, -0.1) is 11.3 Å². The van der Waals surface area contributed by atoms with Gasteiger partial charge in [-0.05, 0) is 42.1 Å². The average molecular weight is 325 g/mol. The summed E-state index contributed by atoms with van der Waals surface area (Å²) in [5.74, 6) is 0.0755. The molecule has 0 atom stereocenters. The maximum absolute atomic E-state index is 12.6. The number of rotatable bonds is 6. The Morgan fingerprint density at radius 3 is 2.65 bits per heavy atom. The third-order valence-electron chi connectivity index (χ3n) is 3.70. The maximum atomic E-state index is 12.6. The molecule has 0 bridgehead atoms. The third-order valence-corrected chi connectivity index (χ3v) is 4.56. The molecule has 0 fully saturated rings. The van der Waals surface area contributed by atoms with E-state index in [4.69, 9.17) is 0 Å². The van der Waals surface area contributed by atoms with Crippen LogP contribution in [0.3, 0.4) is 0 Å². The Balaban J connectivity index is 1.68. The molecule has 0 spiro atoms. The second-order valence-corrected chi connectivity index (χ2v) is 6.33. The van der Waals surface area contributed by atoms with Crippen LogP contribution in [0.15, 0.2) is 60.2 Å². The molecule has 118 valence electrons. The summed E-state index contributed by atoms with van der Waals surface area (Å²) >= 11 is 1.68. The summed E-state index contributed by atoms with van der Waals surface area (Å²) in [5.41, 5.74) is 1.86. The number of thiophene rings is 1. The van der Waals surface area contributed by atoms with Gasteiger partial charge in [0, 0.05) is 29.4 Å². The minimum absolute atomic E-state index is 0.0755. The first-order valence-electron chi connectivity index (χ1n) is 7.64. The second-order valence-electron chi connectivity index (χ2n) is 5.30. The molecule has 0 aliphatic carbocycles. The molecule has 3 rings (SSSR count). The van der Waals surface area contributed by atoms with Crippen molar-refractivity contribution in [2.45, 2.75) is 20.0 Å². The first-order valence-corrected chi connectivity index (χ1v) is 8.52. The fourth-order valence-corrected chi connectivity index (χ4v) is 3.15. The molecule has 2 aromatic heterocycles. The normalized spacial score (nSPS) is 10.7. The average Bonchev–Trinajstić information content (AvgIpc) is 3.26. The molecule has 0 unspecified atom stereocenters. The quantitative estimate of drug-likeness (QED) is 0.694. The van der Waals surface area contributed by atoms with Crippen LogP contribution in [0.2, 0.25) is 0 Å². The van der Waals surface area contributed by atoms with Crippen LogP contribution in [0.5, 0.6) is 0 Å². The first kappa shape index (κ1) is 15.5. The molecule has 23 heavy (non-hydrogen) atoms. The van der Waals surface area contributed by atoms with E-state index in [2.05, 4.69) is 11.2 Å². The van der Waals surface area contributed by atoms with Gasteiger partial charge in [-0.1, -0.05) is 18.2 Å². The summed E-state index contributed by atoms with van der Waals surface area (Å²) < 4.78 is 1.87. The molecule has 5 heteroatoms. The van der Waals surface area contributed by atoms with Gasteiger partial charge in [0.25, 0.3) is 5.91 Å². The summed E-state index contributed by atoms with van der Waals surface area (Å²) in [4.78, 5) is 15.7. The lowest BCUT2D eigenvalue weighted by molar-refractivity contribution is 0.0754. The highest BCUT2D eigenvalue weighted by atomic mass is 32.1. The van der Waals surface area contributed by atoms with Gasteiger partial charge >= 0.3 is 0 Å². The van der Waals surface area contributed by atoms with Crippen LogP contribution in [-0.2, 0) is 13.1 Å². The van der Waals surface area contributed by atoms with Crippen molar-refractivity contribution in [1.29, 1.82) is 0 Å². The lowest BCUT2D eigenvalue weighted by Gasteiger charge is -2.20. The highest BCUT2D eigenvalue weighted by Gasteiger charge is 2.14. The predicted molar refractivity (Wildman–Crippen MR) is 92.5 cm³/mol. The number of amides is 1. The standard InChI is InChI=1S/C18H19N3OS/c1-2-20(14-17-5-3-12-23-17)18(22)16-8-6-15(7-9-16)13-21-11-4-10-19-21/h3-12H,2,13-14H2,1H3. The Morgan fingerprint density at radius 2 is 2.04 bits per heavy atom. The Kier molecular flexibility index (Phi) is 4.88. The van der Waals surface area contributed by atoms with Crippen LogP contribution >= 0.6 is 11.3 Å². The summed E-state index contributed by atoms with van der Waals surface area (Å²) in [6, 6.07) is 13.8. The minimum Gasteiger partial charge on any atom is -0.334 e. The van der Waals surface area contributed by atoms with E-state index in [0.717, 1.165) is 11.1 Å². The SMILES string of the molecule is CCN(Cc1cccs1)C(=O)c1ccc(Cn2cccn2)cc1. The first-order chi connectivity index (χ1) is 11.3. The van der Waals surface area contributed by atoms with Crippen LogP contribution in [0.25, 0.3) is 0 Å². The summed E-state index contributed by atoms with van der Waals surface area (Å²) in [6.07, 6.45) is 3.69. The van der Waals surface area contributed by atoms with E-state index in [1.165, 1.54) is 4.88 Å². The highest BCUT2D eigenvalue weighted by molar-refractivity contribution is 7.09. The van der Waals surface area contributed by atoms with Gasteiger partial charge in [0.1, 0.15) is 0 Å². The smallest absolute Gasteiger partial charge is 0.254 e. The van der Waals surface area contributed by atoms with E-state index in [0.29, 0.717) is 19.6 Å². The molecule has 2 heterocycles. The number of nitrogens with zero attached hydrogens (tertiary/aromatic N) is 3. The van der Waals surface area contributed by atoms with E-state index in [1.54, 1.807) is 17.5 Å². The van der Waals surface area contributed by atoms with E-state index < -0.39 is 0 Å². The van der Waals surface area contributed by atoms with Crippen molar-refractivity contribution in [2.75, 3.05) is 6.54 Å². The van der Waals surface area contributed by atoms with Crippen molar-refractivity contribution < 1.29 is 4.79 Å². The van der Waals surface area contributed by atoms with Gasteiger partial charge in [-0.2, -0.15) is 5.10 Å². The lowest BCUT2D eigenvalue weighted by Crippen LogP contribution is -2.29. The molecule has 0 saturated carbocycles. The Morgan fingerprint density at radius 1 is 1.22 bits per heavy atom. The van der Waals surface area contributed by atoms with Crippen LogP contribution in [0.4, 0.5) is 0 Å². The molecule has 3 aromatic rings. The number of hydrogen-bond acceptors (Lipinski definition) is 3. The predicted octanol–water partition coefficient (Wildman–Crippen LogP) is 3.66. The van der Waals surface area contributed by atoms with E-state index in [1.807, 2.05) is 64.5 Å². The molecule has 4 nitrogen and oxygen atoms in total. The van der Waals surface area contributed by atoms with Crippen LogP contribution in [0.1, 0.15) is 27.7 Å². The lowest BCUT2D eigenvalue weighted by atomic mass is 10.1. The molecular formula is C18H19N3OS. The van der Waals surface area contributed by atoms with Gasteiger partial charge in [-0.25, -0.2) is 0 Å². The monoisotopic (exact) mass is 325 g/mol. The Labute approximate surface area is 140 Å². The zero-order chi connectivity index (χ0) is 16.1. The van der Waals surface area contributed by atoms with Crippen LogP contribution < -0.4 is 0 Å². The third kappa shape index (κ3) is 3.87. The largest absolute Gasteiger partial charge is 0.334 e. The molecule has 0 aliphatic rings. The maximum Gasteiger partial charge on any atom is 0.254 e. The van der Waals surface area contributed by atoms with Gasteiger partial charge in [-0.3, -0.25) is 9.48 Å². The van der Waals surface area contributed by atoms with Crippen molar-refractivity contribution in [2.24, 2.45) is 0 Å². The van der Waals surface area contributed by atoms with Gasteiger partial charge in [0.05, 0.1) is 13.1 Å². The van der Waals surface area contributed by atoms with Crippen molar-refractivity contribution in [3.8, 4) is 0 Å². The fraction of sp³-hybridized carbons (Fsp3) is 0.222. The molecule has 0 radical (unpaired) electrons. The molecule has 1 aromatic carbocycles. The molecule has 0 N–H and O–H groups in total. The Hall–Kier alpha value is -2.40. The Bertz CT molecular complexity index is 733. The number of benzene rings is 1. The zero-order valence-electron chi connectivity index (χ0n) is 13.1. The van der Waals surface area contributed by atoms with Crippen LogP contribution in [-0.4, -0.2) is 27.1 Å². The second kappa shape index (κ2) is 7.24. The highest BCUT2D eigenvalue weighted by Crippen LogP contribution is 2.15. The molecule has 0 aliphatic heterocycles. The number of aromatic nitrogens is 2. The van der Waals surface area contributed by atoms with E-state index in [9.17, 15) is 4.79 Å². The zero-order valence-corrected chi connectivity index (χ0v) is 13.9. The van der Waals surface area contributed by atoms with Crippen molar-refractivity contribution in [3.05, 3.63) is 76.2 Å². The molecular weight excluding hydrogens is 306 g/mol. The number of carbonyl (C=O) groups excluding carboxylic acids is 1. The summed E-state index contributed by atoms with van der Waals surface area (Å²) in [7, 11) is 0. The topological polar surface area (TPSA) is 38.1 Å². The van der Waals surface area contributed by atoms with E-state index in [-0.39, 0.29) is 5.91 Å². The van der Waals surface area contributed by atoms with Crippen molar-refractivity contribution in [1.82, 2.24) is 14.7 Å². The summed E-state index contributed by atoms with van der Waals surface area (Å²) in [6.45, 7) is 4.10. The minimum atomic E-state index is 0.0755. The molecule has 0 saturated heterocycles. The van der Waals surface area contributed by atoms with E-state index >= 15 is 0 Å².